The number of aliphatic carboxylic acids is 3. The lowest BCUT2D eigenvalue weighted by molar-refractivity contribution is -0.143. The predicted molar refractivity (Wildman–Crippen MR) is 204 cm³/mol. The van der Waals surface area contributed by atoms with E-state index in [1.54, 1.807) is 6.92 Å². The molecular weight excluding hydrogens is 716 g/mol. The normalized spacial score (nSPS) is 17.6. The highest BCUT2D eigenvalue weighted by atomic mass is 16.5. The van der Waals surface area contributed by atoms with Crippen LogP contribution in [0.1, 0.15) is 125 Å². The van der Waals surface area contributed by atoms with Crippen molar-refractivity contribution in [1.82, 2.24) is 21.3 Å². The van der Waals surface area contributed by atoms with Crippen molar-refractivity contribution in [3.63, 3.8) is 0 Å². The third kappa shape index (κ3) is 22.2. The Kier molecular flexibility index (Phi) is 21.8. The standard InChI is InChI=1S/C39H66N4O12/c1-8-38(4,5)54-19-17-39(6,7)55-20-18-40-36(51)29(14-16-33(46)47)42-31(44)15-13-30(37(52)53)43-35(50)28-11-9-27(10-12-28)24-41-32(45)22-25(2)21-26(3)23-34(48)49/h26-30H,2,8-24H2,1,3-7H3,(H,40,51)(H,41,45)(H,42,44)(H,43,50)(H,46,47)(H,48,49)(H,52,53)/t26?,27-,28+,29-,30-/m0/s1. The van der Waals surface area contributed by atoms with Crippen LogP contribution in [0.4, 0.5) is 0 Å². The first-order valence-corrected chi connectivity index (χ1v) is 19.4. The number of hydrogen-bond donors (Lipinski definition) is 7. The minimum Gasteiger partial charge on any atom is -0.481 e. The molecule has 0 aromatic carbocycles. The topological polar surface area (TPSA) is 247 Å². The summed E-state index contributed by atoms with van der Waals surface area (Å²) in [6, 6.07) is -2.53. The number of ether oxygens (including phenoxy) is 2. The second kappa shape index (κ2) is 24.5. The van der Waals surface area contributed by atoms with E-state index in [9.17, 15) is 38.7 Å². The van der Waals surface area contributed by atoms with Gasteiger partial charge in [-0.2, -0.15) is 0 Å². The van der Waals surface area contributed by atoms with E-state index >= 15 is 0 Å². The number of carbonyl (C=O) groups excluding carboxylic acids is 4. The van der Waals surface area contributed by atoms with Crippen molar-refractivity contribution in [3.8, 4) is 0 Å². The molecule has 0 bridgehead atoms. The highest BCUT2D eigenvalue weighted by Gasteiger charge is 2.31. The molecule has 7 N–H and O–H groups in total. The van der Waals surface area contributed by atoms with Gasteiger partial charge in [0.2, 0.25) is 23.6 Å². The fourth-order valence-electron chi connectivity index (χ4n) is 6.11. The molecule has 0 aromatic heterocycles. The van der Waals surface area contributed by atoms with E-state index in [1.165, 1.54) is 0 Å². The maximum Gasteiger partial charge on any atom is 0.326 e. The molecule has 0 radical (unpaired) electrons. The van der Waals surface area contributed by atoms with E-state index < -0.39 is 59.2 Å². The first kappa shape index (κ1) is 49.0. The molecule has 1 aliphatic carbocycles. The Morgan fingerprint density at radius 2 is 1.38 bits per heavy atom. The fraction of sp³-hybridized carbons (Fsp3) is 0.769. The van der Waals surface area contributed by atoms with Crippen LogP contribution in [-0.2, 0) is 43.0 Å². The summed E-state index contributed by atoms with van der Waals surface area (Å²) in [5.74, 6) is -5.70. The van der Waals surface area contributed by atoms with Crippen molar-refractivity contribution in [1.29, 1.82) is 0 Å². The molecule has 0 saturated heterocycles. The molecule has 1 rings (SSSR count). The van der Waals surface area contributed by atoms with E-state index in [2.05, 4.69) is 27.8 Å². The summed E-state index contributed by atoms with van der Waals surface area (Å²) in [4.78, 5) is 85.2. The van der Waals surface area contributed by atoms with Crippen LogP contribution >= 0.6 is 0 Å². The molecule has 1 fully saturated rings. The number of carboxylic acid groups (broad SMARTS) is 3. The number of carbonyl (C=O) groups is 7. The van der Waals surface area contributed by atoms with Crippen molar-refractivity contribution in [2.75, 3.05) is 26.3 Å². The van der Waals surface area contributed by atoms with Gasteiger partial charge in [-0.25, -0.2) is 4.79 Å². The molecular formula is C39H66N4O12. The summed E-state index contributed by atoms with van der Waals surface area (Å²) < 4.78 is 11.8. The van der Waals surface area contributed by atoms with Gasteiger partial charge in [-0.15, -0.1) is 0 Å². The molecule has 1 aliphatic rings. The highest BCUT2D eigenvalue weighted by Crippen LogP contribution is 2.29. The minimum absolute atomic E-state index is 0.00277. The zero-order valence-electron chi connectivity index (χ0n) is 33.6. The SMILES string of the molecule is C=C(CC(=O)NC[C@H]1CC[C@@H](C(=O)N[C@@H](CCC(=O)N[C@@H](CCC(=O)O)C(=O)NCCOC(C)(C)CCOC(C)(C)CC)C(=O)O)CC1)CC(C)CC(=O)O. The maximum absolute atomic E-state index is 13.0. The average Bonchev–Trinajstić information content (AvgIpc) is 3.08. The summed E-state index contributed by atoms with van der Waals surface area (Å²) in [6.07, 6.45) is 3.17. The molecule has 3 atom stereocenters. The second-order valence-electron chi connectivity index (χ2n) is 16.0. The van der Waals surface area contributed by atoms with Crippen LogP contribution in [0.25, 0.3) is 0 Å². The first-order valence-electron chi connectivity index (χ1n) is 19.4. The fourth-order valence-corrected chi connectivity index (χ4v) is 6.11. The van der Waals surface area contributed by atoms with Gasteiger partial charge in [0.15, 0.2) is 0 Å². The summed E-state index contributed by atoms with van der Waals surface area (Å²) in [5.41, 5.74) is -0.104. The van der Waals surface area contributed by atoms with Crippen LogP contribution in [0.2, 0.25) is 0 Å². The summed E-state index contributed by atoms with van der Waals surface area (Å²) in [5, 5.41) is 38.4. The maximum atomic E-state index is 13.0. The third-order valence-corrected chi connectivity index (χ3v) is 9.89. The van der Waals surface area contributed by atoms with Gasteiger partial charge in [0.1, 0.15) is 12.1 Å². The van der Waals surface area contributed by atoms with E-state index in [-0.39, 0.29) is 75.0 Å². The Balaban J connectivity index is 2.54. The van der Waals surface area contributed by atoms with Crippen molar-refractivity contribution >= 4 is 41.5 Å². The van der Waals surface area contributed by atoms with E-state index in [0.717, 1.165) is 6.42 Å². The van der Waals surface area contributed by atoms with E-state index in [1.807, 2.05) is 34.6 Å². The monoisotopic (exact) mass is 782 g/mol. The van der Waals surface area contributed by atoms with Crippen LogP contribution in [0.3, 0.4) is 0 Å². The van der Waals surface area contributed by atoms with Crippen molar-refractivity contribution < 1.29 is 58.4 Å². The molecule has 1 unspecified atom stereocenters. The van der Waals surface area contributed by atoms with Crippen molar-refractivity contribution in [3.05, 3.63) is 12.2 Å². The molecule has 55 heavy (non-hydrogen) atoms. The molecule has 4 amide bonds. The van der Waals surface area contributed by atoms with Crippen LogP contribution in [0.15, 0.2) is 12.2 Å². The van der Waals surface area contributed by atoms with Gasteiger partial charge < -0.3 is 46.1 Å². The number of carboxylic acids is 3. The molecule has 1 saturated carbocycles. The number of hydrogen-bond acceptors (Lipinski definition) is 9. The van der Waals surface area contributed by atoms with Crippen LogP contribution in [-0.4, -0.2) is 106 Å². The van der Waals surface area contributed by atoms with Gasteiger partial charge in [-0.3, -0.25) is 28.8 Å². The Bertz CT molecular complexity index is 1310. The van der Waals surface area contributed by atoms with Crippen molar-refractivity contribution in [2.45, 2.75) is 148 Å². The van der Waals surface area contributed by atoms with Crippen LogP contribution < -0.4 is 21.3 Å². The van der Waals surface area contributed by atoms with E-state index in [0.29, 0.717) is 57.2 Å². The van der Waals surface area contributed by atoms with Crippen molar-refractivity contribution in [2.24, 2.45) is 17.8 Å². The molecule has 0 aromatic rings. The Hall–Kier alpha value is -4.05. The summed E-state index contributed by atoms with van der Waals surface area (Å²) >= 11 is 0. The summed E-state index contributed by atoms with van der Waals surface area (Å²) in [7, 11) is 0. The largest absolute Gasteiger partial charge is 0.481 e. The first-order chi connectivity index (χ1) is 25.6. The Morgan fingerprint density at radius 1 is 0.764 bits per heavy atom. The third-order valence-electron chi connectivity index (χ3n) is 9.89. The lowest BCUT2D eigenvalue weighted by atomic mass is 9.81. The van der Waals surface area contributed by atoms with Crippen LogP contribution in [0, 0.1) is 17.8 Å². The number of rotatable bonds is 28. The molecule has 0 spiro atoms. The van der Waals surface area contributed by atoms with Gasteiger partial charge >= 0.3 is 17.9 Å². The Morgan fingerprint density at radius 3 is 1.96 bits per heavy atom. The molecule has 0 aliphatic heterocycles. The van der Waals surface area contributed by atoms with Gasteiger partial charge in [-0.1, -0.05) is 26.0 Å². The number of amides is 4. The average molecular weight is 783 g/mol. The zero-order valence-corrected chi connectivity index (χ0v) is 33.6. The zero-order chi connectivity index (χ0) is 41.8. The Labute approximate surface area is 325 Å². The lowest BCUT2D eigenvalue weighted by Gasteiger charge is -2.29. The van der Waals surface area contributed by atoms with Gasteiger partial charge in [0.25, 0.3) is 0 Å². The molecule has 0 heterocycles. The molecule has 16 nitrogen and oxygen atoms in total. The molecule has 314 valence electrons. The smallest absolute Gasteiger partial charge is 0.326 e. The predicted octanol–water partition coefficient (Wildman–Crippen LogP) is 3.56. The van der Waals surface area contributed by atoms with Gasteiger partial charge in [-0.05, 0) is 97.3 Å². The second-order valence-corrected chi connectivity index (χ2v) is 16.0. The highest BCUT2D eigenvalue weighted by molar-refractivity contribution is 5.89. The number of nitrogens with one attached hydrogen (secondary N) is 4. The van der Waals surface area contributed by atoms with Gasteiger partial charge in [0, 0.05) is 44.7 Å². The van der Waals surface area contributed by atoms with E-state index in [4.69, 9.17) is 19.7 Å². The summed E-state index contributed by atoms with van der Waals surface area (Å²) in [6.45, 7) is 16.8. The van der Waals surface area contributed by atoms with Crippen LogP contribution in [0.5, 0.6) is 0 Å². The lowest BCUT2D eigenvalue weighted by Crippen LogP contribution is -2.49. The molecule has 16 heteroatoms. The van der Waals surface area contributed by atoms with Gasteiger partial charge in [0.05, 0.1) is 24.4 Å². The quantitative estimate of drug-likeness (QED) is 0.0445. The minimum atomic E-state index is -1.35.